The third-order valence-corrected chi connectivity index (χ3v) is 16.7. The molecule has 4 bridgehead atoms. The van der Waals surface area contributed by atoms with Gasteiger partial charge in [0.2, 0.25) is 0 Å². The van der Waals surface area contributed by atoms with Crippen LogP contribution in [0.2, 0.25) is 0 Å². The van der Waals surface area contributed by atoms with Gasteiger partial charge in [-0.15, -0.1) is 13.2 Å². The highest BCUT2D eigenvalue weighted by Crippen LogP contribution is 2.44. The number of H-pyrrole nitrogens is 1. The van der Waals surface area contributed by atoms with Crippen LogP contribution < -0.4 is 14.2 Å². The van der Waals surface area contributed by atoms with Gasteiger partial charge in [0.05, 0.1) is 77.3 Å². The minimum Gasteiger partial charge on any atom is -0.497 e. The van der Waals surface area contributed by atoms with E-state index in [4.69, 9.17) is 36.5 Å². The lowest BCUT2D eigenvalue weighted by Crippen LogP contribution is -2.54. The highest BCUT2D eigenvalue weighted by Gasteiger charge is 2.43. The molecule has 0 aliphatic carbocycles. The van der Waals surface area contributed by atoms with Crippen molar-refractivity contribution in [1.82, 2.24) is 34.7 Å². The predicted octanol–water partition coefficient (Wildman–Crippen LogP) is 8.68. The molecule has 0 saturated carbocycles. The van der Waals surface area contributed by atoms with Gasteiger partial charge in [0.1, 0.15) is 17.2 Å². The molecule has 13 rings (SSSR count). The molecule has 78 heavy (non-hydrogen) atoms. The molecule has 10 heterocycles. The van der Waals surface area contributed by atoms with Crippen LogP contribution in [0.1, 0.15) is 66.7 Å². The van der Waals surface area contributed by atoms with Crippen LogP contribution in [-0.2, 0) is 31.7 Å². The van der Waals surface area contributed by atoms with Gasteiger partial charge in [0.25, 0.3) is 0 Å². The standard InChI is InChI=1S/2C20H24N2O2.C18H21N3O3S.H2O4S/c2*1-3-13-12-22-9-7-14(13)10-19(22)20(23)16-6-8-21-18-5-4-15(24-2)11-17(16)18;1-13-16(19-9-8-17(13)24-11-5-10-23-2)12-25(22)18-20-14-6-3-4-7-15(14)21-18;1-5(2,3)4/h2*3-6,8,11,13-14,19-20,23H,1,7,9-10,12H2,2H3;3-4,6-9H,5,10-12H2,1-2H3,(H,20,21);(H2,1,2,3,4)/t2*13-,14-,19-,20+;;/m00../s1. The number of aromatic amines is 1. The van der Waals surface area contributed by atoms with Crippen molar-refractivity contribution in [2.45, 2.75) is 74.2 Å². The van der Waals surface area contributed by atoms with E-state index in [1.807, 2.05) is 85.8 Å². The zero-order valence-electron chi connectivity index (χ0n) is 44.6. The number of aliphatic hydroxyl groups excluding tert-OH is 2. The van der Waals surface area contributed by atoms with E-state index in [-0.39, 0.29) is 12.1 Å². The Morgan fingerprint density at radius 1 is 0.744 bits per heavy atom. The Balaban J connectivity index is 0.000000148. The normalized spacial score (nSPS) is 23.3. The third kappa shape index (κ3) is 14.2. The average molecular weight is 1110 g/mol. The van der Waals surface area contributed by atoms with Crippen molar-refractivity contribution in [3.8, 4) is 17.2 Å². The molecule has 11 atom stereocenters. The van der Waals surface area contributed by atoms with Gasteiger partial charge in [-0.25, -0.2) is 4.98 Å². The van der Waals surface area contributed by atoms with Gasteiger partial charge in [-0.2, -0.15) is 8.42 Å². The molecule has 5 N–H and O–H groups in total. The maximum absolute atomic E-state index is 12.7. The number of para-hydroxylation sites is 2. The number of nitrogens with zero attached hydrogens (tertiary/aromatic N) is 6. The maximum atomic E-state index is 12.7. The Morgan fingerprint density at radius 2 is 1.27 bits per heavy atom. The fourth-order valence-electron chi connectivity index (χ4n) is 11.4. The van der Waals surface area contributed by atoms with E-state index in [9.17, 15) is 14.4 Å². The Morgan fingerprint density at radius 3 is 1.74 bits per heavy atom. The van der Waals surface area contributed by atoms with Gasteiger partial charge < -0.3 is 34.1 Å². The summed E-state index contributed by atoms with van der Waals surface area (Å²) >= 11 is 0. The van der Waals surface area contributed by atoms with Crippen molar-refractivity contribution < 1.29 is 50.9 Å². The number of methoxy groups -OCH3 is 3. The van der Waals surface area contributed by atoms with Crippen molar-refractivity contribution in [3.05, 3.63) is 145 Å². The molecule has 6 aliphatic heterocycles. The number of benzene rings is 3. The lowest BCUT2D eigenvalue weighted by Gasteiger charge is -2.50. The van der Waals surface area contributed by atoms with Crippen LogP contribution in [0, 0.1) is 30.6 Å². The molecule has 20 heteroatoms. The van der Waals surface area contributed by atoms with Crippen LogP contribution in [0.15, 0.2) is 128 Å². The molecule has 6 fully saturated rings. The smallest absolute Gasteiger partial charge is 0.394 e. The number of nitrogens with one attached hydrogen (secondary N) is 1. The summed E-state index contributed by atoms with van der Waals surface area (Å²) in [4.78, 5) is 25.6. The number of rotatable bonds is 16. The molecule has 416 valence electrons. The number of aliphatic hydroxyl groups is 2. The summed E-state index contributed by atoms with van der Waals surface area (Å²) in [5, 5.41) is 24.7. The summed E-state index contributed by atoms with van der Waals surface area (Å²) in [7, 11) is -0.973. The van der Waals surface area contributed by atoms with E-state index in [0.29, 0.717) is 47.8 Å². The number of fused-ring (bicyclic) bond motifs is 9. The number of aromatic nitrogens is 5. The van der Waals surface area contributed by atoms with E-state index < -0.39 is 33.4 Å². The fraction of sp³-hybridized carbons (Fsp3) is 0.414. The summed E-state index contributed by atoms with van der Waals surface area (Å²) in [6, 6.07) is 25.4. The van der Waals surface area contributed by atoms with Crippen LogP contribution >= 0.6 is 0 Å². The maximum Gasteiger partial charge on any atom is 0.394 e. The van der Waals surface area contributed by atoms with Crippen LogP contribution in [0.25, 0.3) is 32.8 Å². The highest BCUT2D eigenvalue weighted by atomic mass is 32.3. The van der Waals surface area contributed by atoms with Crippen LogP contribution in [0.4, 0.5) is 0 Å². The van der Waals surface area contributed by atoms with Gasteiger partial charge in [0.15, 0.2) is 5.16 Å². The number of piperidine rings is 6. The quantitative estimate of drug-likeness (QED) is 0.0345. The first-order valence-corrected chi connectivity index (χ1v) is 28.9. The van der Waals surface area contributed by atoms with E-state index in [1.165, 1.54) is 12.8 Å². The molecule has 6 aliphatic rings. The van der Waals surface area contributed by atoms with Crippen molar-refractivity contribution >= 4 is 54.0 Å². The van der Waals surface area contributed by atoms with E-state index in [0.717, 1.165) is 118 Å². The Labute approximate surface area is 458 Å². The molecule has 3 aromatic carbocycles. The largest absolute Gasteiger partial charge is 0.497 e. The SMILES string of the molecule is C=C[C@H]1CN2CC[C@H]1C[C@H]2[C@H](O)c1ccnc2ccc(OC)cc12.C=C[C@H]1CN2CC[C@H]1C[C@H]2[C@H](O)c1ccnc2ccc(OC)cc12.COCCCOc1ccnc(CS(=O)c2nc3ccccc3[nH]2)c1C.O=S(=O)(O)O. The lowest BCUT2D eigenvalue weighted by molar-refractivity contribution is -0.0445. The zero-order valence-corrected chi connectivity index (χ0v) is 46.2. The third-order valence-electron chi connectivity index (χ3n) is 15.5. The van der Waals surface area contributed by atoms with E-state index in [1.54, 1.807) is 39.9 Å². The summed E-state index contributed by atoms with van der Waals surface area (Å²) in [5.74, 6) is 5.07. The Hall–Kier alpha value is -6.20. The second-order valence-electron chi connectivity index (χ2n) is 20.0. The number of hydrogen-bond acceptors (Lipinski definition) is 15. The summed E-state index contributed by atoms with van der Waals surface area (Å²) < 4.78 is 65.7. The number of ether oxygens (including phenoxy) is 4. The summed E-state index contributed by atoms with van der Waals surface area (Å²) in [6.07, 6.45) is 13.7. The van der Waals surface area contributed by atoms with E-state index >= 15 is 0 Å². The molecular weight excluding hydrogens is 1030 g/mol. The minimum atomic E-state index is -4.67. The molecule has 0 spiro atoms. The molecule has 4 aromatic heterocycles. The Kier molecular flexibility index (Phi) is 19.8. The number of hydrogen-bond donors (Lipinski definition) is 5. The topological polar surface area (TPSA) is 243 Å². The van der Waals surface area contributed by atoms with Gasteiger partial charge in [-0.1, -0.05) is 24.3 Å². The minimum absolute atomic E-state index is 0.178. The van der Waals surface area contributed by atoms with Gasteiger partial charge >= 0.3 is 10.4 Å². The fourth-order valence-corrected chi connectivity index (χ4v) is 12.5. The van der Waals surface area contributed by atoms with Gasteiger partial charge in [-0.05, 0) is 147 Å². The Bertz CT molecular complexity index is 3140. The molecule has 3 unspecified atom stereocenters. The first-order chi connectivity index (χ1) is 37.6. The monoisotopic (exact) mass is 1110 g/mol. The van der Waals surface area contributed by atoms with Crippen molar-refractivity contribution in [2.75, 3.05) is 60.7 Å². The molecule has 0 radical (unpaired) electrons. The molecule has 7 aromatic rings. The van der Waals surface area contributed by atoms with Gasteiger partial charge in [0, 0.05) is 80.2 Å². The summed E-state index contributed by atoms with van der Waals surface area (Å²) in [5.41, 5.74) is 7.04. The van der Waals surface area contributed by atoms with E-state index in [2.05, 4.69) is 60.0 Å². The number of imidazole rings is 1. The number of pyridine rings is 3. The van der Waals surface area contributed by atoms with Crippen LogP contribution in [-0.4, -0.2) is 139 Å². The highest BCUT2D eigenvalue weighted by molar-refractivity contribution is 7.84. The zero-order chi connectivity index (χ0) is 55.5. The molecular formula is C58H71N7O11S2. The first kappa shape index (κ1) is 58.0. The molecule has 18 nitrogen and oxygen atoms in total. The second-order valence-corrected chi connectivity index (χ2v) is 22.3. The lowest BCUT2D eigenvalue weighted by atomic mass is 9.73. The van der Waals surface area contributed by atoms with Gasteiger partial charge in [-0.3, -0.25) is 38.1 Å². The summed E-state index contributed by atoms with van der Waals surface area (Å²) in [6.45, 7) is 15.3. The molecule has 0 amide bonds. The average Bonchev–Trinajstić information content (AvgIpc) is 4.01. The van der Waals surface area contributed by atoms with Crippen molar-refractivity contribution in [3.63, 3.8) is 0 Å². The first-order valence-electron chi connectivity index (χ1n) is 26.1. The predicted molar refractivity (Wildman–Crippen MR) is 301 cm³/mol. The molecule has 6 saturated heterocycles. The van der Waals surface area contributed by atoms with Crippen molar-refractivity contribution in [2.24, 2.45) is 23.7 Å². The van der Waals surface area contributed by atoms with Crippen LogP contribution in [0.3, 0.4) is 0 Å². The van der Waals surface area contributed by atoms with Crippen LogP contribution in [0.5, 0.6) is 17.2 Å². The second kappa shape index (κ2) is 26.6. The van der Waals surface area contributed by atoms with Crippen molar-refractivity contribution in [1.29, 1.82) is 0 Å².